The van der Waals surface area contributed by atoms with Gasteiger partial charge < -0.3 is 15.4 Å². The number of hydrogen-bond donors (Lipinski definition) is 2. The van der Waals surface area contributed by atoms with Gasteiger partial charge in [-0.3, -0.25) is 4.79 Å². The van der Waals surface area contributed by atoms with E-state index in [1.807, 2.05) is 12.1 Å². The molecule has 10 heteroatoms. The molecule has 1 aliphatic heterocycles. The number of rotatable bonds is 7. The molecule has 1 saturated heterocycles. The summed E-state index contributed by atoms with van der Waals surface area (Å²) in [5, 5.41) is 6.78. The zero-order valence-electron chi connectivity index (χ0n) is 19.2. The molecule has 0 bridgehead atoms. The molecule has 180 valence electrons. The monoisotopic (exact) mass is 475 g/mol. The van der Waals surface area contributed by atoms with Gasteiger partial charge in [0.1, 0.15) is 17.3 Å². The highest BCUT2D eigenvalue weighted by Gasteiger charge is 2.19. The Balaban J connectivity index is 1.54. The summed E-state index contributed by atoms with van der Waals surface area (Å²) < 4.78 is 22.6. The van der Waals surface area contributed by atoms with Crippen molar-refractivity contribution >= 4 is 22.7 Å². The maximum Gasteiger partial charge on any atom is 0.278 e. The van der Waals surface area contributed by atoms with Crippen molar-refractivity contribution in [3.63, 3.8) is 0 Å². The van der Waals surface area contributed by atoms with E-state index in [0.717, 1.165) is 32.4 Å². The lowest BCUT2D eigenvalue weighted by atomic mass is 10.2. The first-order chi connectivity index (χ1) is 17.1. The first-order valence-corrected chi connectivity index (χ1v) is 11.6. The average Bonchev–Trinajstić information content (AvgIpc) is 3.00. The van der Waals surface area contributed by atoms with Crippen LogP contribution in [0.3, 0.4) is 0 Å². The SMILES string of the molecule is C=CCn1c(=O)c2cnc(Nc3ccc(F)cc3)nc2n1-c1cccc(O[C@@H]2CCCNCC2)n1. The van der Waals surface area contributed by atoms with Crippen LogP contribution in [0.1, 0.15) is 19.3 Å². The summed E-state index contributed by atoms with van der Waals surface area (Å²) in [6, 6.07) is 11.3. The number of ether oxygens (including phenoxy) is 1. The van der Waals surface area contributed by atoms with Gasteiger partial charge in [0.25, 0.3) is 5.56 Å². The second-order valence-electron chi connectivity index (χ2n) is 8.31. The van der Waals surface area contributed by atoms with E-state index in [1.165, 1.54) is 23.0 Å². The molecule has 1 aromatic carbocycles. The van der Waals surface area contributed by atoms with Crippen molar-refractivity contribution in [3.05, 3.63) is 77.5 Å². The van der Waals surface area contributed by atoms with E-state index < -0.39 is 0 Å². The van der Waals surface area contributed by atoms with E-state index in [4.69, 9.17) is 9.72 Å². The molecular weight excluding hydrogens is 449 g/mol. The summed E-state index contributed by atoms with van der Waals surface area (Å²) in [6.07, 6.45) is 6.11. The number of nitrogens with zero attached hydrogens (tertiary/aromatic N) is 5. The first-order valence-electron chi connectivity index (χ1n) is 11.6. The summed E-state index contributed by atoms with van der Waals surface area (Å²) >= 11 is 0. The Morgan fingerprint density at radius 3 is 2.86 bits per heavy atom. The molecule has 0 amide bonds. The van der Waals surface area contributed by atoms with Crippen molar-refractivity contribution in [2.75, 3.05) is 18.4 Å². The summed E-state index contributed by atoms with van der Waals surface area (Å²) in [6.45, 7) is 5.94. The first kappa shape index (κ1) is 22.7. The van der Waals surface area contributed by atoms with Gasteiger partial charge in [-0.1, -0.05) is 12.1 Å². The van der Waals surface area contributed by atoms with E-state index in [-0.39, 0.29) is 30.0 Å². The third-order valence-corrected chi connectivity index (χ3v) is 5.81. The van der Waals surface area contributed by atoms with Gasteiger partial charge >= 0.3 is 0 Å². The Bertz CT molecular complexity index is 1390. The van der Waals surface area contributed by atoms with Crippen molar-refractivity contribution in [2.45, 2.75) is 31.9 Å². The molecule has 0 saturated carbocycles. The molecule has 35 heavy (non-hydrogen) atoms. The van der Waals surface area contributed by atoms with Crippen LogP contribution >= 0.6 is 0 Å². The van der Waals surface area contributed by atoms with Crippen molar-refractivity contribution in [3.8, 4) is 11.7 Å². The summed E-state index contributed by atoms with van der Waals surface area (Å²) in [4.78, 5) is 26.7. The average molecular weight is 476 g/mol. The van der Waals surface area contributed by atoms with Gasteiger partial charge in [-0.15, -0.1) is 6.58 Å². The lowest BCUT2D eigenvalue weighted by molar-refractivity contribution is 0.179. The van der Waals surface area contributed by atoms with Crippen molar-refractivity contribution in [2.24, 2.45) is 0 Å². The number of benzene rings is 1. The number of nitrogens with one attached hydrogen (secondary N) is 2. The minimum absolute atomic E-state index is 0.0818. The minimum Gasteiger partial charge on any atom is -0.474 e. The molecule has 2 N–H and O–H groups in total. The van der Waals surface area contributed by atoms with Crippen LogP contribution in [0.4, 0.5) is 16.0 Å². The van der Waals surface area contributed by atoms with Crippen LogP contribution in [-0.4, -0.2) is 43.5 Å². The van der Waals surface area contributed by atoms with Crippen molar-refractivity contribution < 1.29 is 9.13 Å². The molecule has 1 fully saturated rings. The standard InChI is InChI=1S/C25H26FN7O2/c1-2-15-32-24(34)20-16-28-25(29-18-10-8-17(26)9-11-18)31-23(20)33(32)21-6-3-7-22(30-21)35-19-5-4-13-27-14-12-19/h2-3,6-11,16,19,27H,1,4-5,12-15H2,(H,28,29,31)/t19-/m1/s1. The van der Waals surface area contributed by atoms with E-state index in [1.54, 1.807) is 29.0 Å². The van der Waals surface area contributed by atoms with Crippen molar-refractivity contribution in [1.82, 2.24) is 29.6 Å². The third kappa shape index (κ3) is 4.92. The second-order valence-corrected chi connectivity index (χ2v) is 8.31. The van der Waals surface area contributed by atoms with Crippen LogP contribution in [0.5, 0.6) is 5.88 Å². The number of allylic oxidation sites excluding steroid dienone is 1. The highest BCUT2D eigenvalue weighted by Crippen LogP contribution is 2.21. The fraction of sp³-hybridized carbons (Fsp3) is 0.280. The molecule has 4 heterocycles. The van der Waals surface area contributed by atoms with Gasteiger partial charge in [0.05, 0.1) is 6.54 Å². The third-order valence-electron chi connectivity index (χ3n) is 5.81. The molecular formula is C25H26FN7O2. The van der Waals surface area contributed by atoms with Gasteiger partial charge in [0.2, 0.25) is 11.8 Å². The molecule has 1 atom stereocenters. The van der Waals surface area contributed by atoms with Crippen LogP contribution in [-0.2, 0) is 6.54 Å². The molecule has 4 aromatic rings. The number of hydrogen-bond acceptors (Lipinski definition) is 7. The highest BCUT2D eigenvalue weighted by molar-refractivity contribution is 5.77. The normalized spacial score (nSPS) is 16.1. The molecule has 0 aliphatic carbocycles. The van der Waals surface area contributed by atoms with Crippen LogP contribution in [0.25, 0.3) is 16.9 Å². The number of pyridine rings is 1. The Labute approximate surface area is 201 Å². The predicted molar refractivity (Wildman–Crippen MR) is 132 cm³/mol. The van der Waals surface area contributed by atoms with E-state index in [9.17, 15) is 9.18 Å². The minimum atomic E-state index is -0.337. The van der Waals surface area contributed by atoms with Crippen LogP contribution in [0, 0.1) is 5.82 Å². The number of aromatic nitrogens is 5. The van der Waals surface area contributed by atoms with Gasteiger partial charge in [0, 0.05) is 18.0 Å². The van der Waals surface area contributed by atoms with Gasteiger partial charge in [-0.05, 0) is 62.7 Å². The molecule has 0 spiro atoms. The molecule has 0 unspecified atom stereocenters. The smallest absolute Gasteiger partial charge is 0.278 e. The molecule has 3 aromatic heterocycles. The zero-order valence-corrected chi connectivity index (χ0v) is 19.2. The number of fused-ring (bicyclic) bond motifs is 1. The fourth-order valence-corrected chi connectivity index (χ4v) is 4.13. The quantitative estimate of drug-likeness (QED) is 0.394. The summed E-state index contributed by atoms with van der Waals surface area (Å²) in [5.41, 5.74) is 0.757. The molecule has 9 nitrogen and oxygen atoms in total. The van der Waals surface area contributed by atoms with Gasteiger partial charge in [0.15, 0.2) is 11.5 Å². The fourth-order valence-electron chi connectivity index (χ4n) is 4.13. The number of halogens is 1. The predicted octanol–water partition coefficient (Wildman–Crippen LogP) is 3.57. The lowest BCUT2D eigenvalue weighted by Crippen LogP contribution is -2.23. The Hall–Kier alpha value is -4.05. The maximum absolute atomic E-state index is 13.3. The maximum atomic E-state index is 13.3. The van der Waals surface area contributed by atoms with Gasteiger partial charge in [-0.2, -0.15) is 9.97 Å². The van der Waals surface area contributed by atoms with Gasteiger partial charge in [-0.25, -0.2) is 18.7 Å². The molecule has 1 aliphatic rings. The highest BCUT2D eigenvalue weighted by atomic mass is 19.1. The Morgan fingerprint density at radius 1 is 1.17 bits per heavy atom. The Kier molecular flexibility index (Phi) is 6.53. The number of anilines is 2. The van der Waals surface area contributed by atoms with Crippen LogP contribution in [0.15, 0.2) is 66.1 Å². The largest absolute Gasteiger partial charge is 0.474 e. The van der Waals surface area contributed by atoms with E-state index >= 15 is 0 Å². The Morgan fingerprint density at radius 2 is 2.03 bits per heavy atom. The van der Waals surface area contributed by atoms with Crippen molar-refractivity contribution in [1.29, 1.82) is 0 Å². The lowest BCUT2D eigenvalue weighted by Gasteiger charge is -2.17. The second kappa shape index (κ2) is 10.1. The molecule has 0 radical (unpaired) electrons. The van der Waals surface area contributed by atoms with Crippen LogP contribution < -0.4 is 20.9 Å². The summed E-state index contributed by atoms with van der Waals surface area (Å²) in [5.74, 6) is 0.921. The zero-order chi connectivity index (χ0) is 24.2. The summed E-state index contributed by atoms with van der Waals surface area (Å²) in [7, 11) is 0. The van der Waals surface area contributed by atoms with Crippen LogP contribution in [0.2, 0.25) is 0 Å². The topological polar surface area (TPSA) is 98.9 Å². The van der Waals surface area contributed by atoms with E-state index in [2.05, 4.69) is 27.2 Å². The van der Waals surface area contributed by atoms with E-state index in [0.29, 0.717) is 28.4 Å². The molecule has 5 rings (SSSR count).